The number of amides is 1. The van der Waals surface area contributed by atoms with Gasteiger partial charge in [0.15, 0.2) is 0 Å². The lowest BCUT2D eigenvalue weighted by Gasteiger charge is -2.32. The number of pyridine rings is 1. The summed E-state index contributed by atoms with van der Waals surface area (Å²) in [7, 11) is 2.09. The number of hydrogen-bond donors (Lipinski definition) is 0. The van der Waals surface area contributed by atoms with Crippen molar-refractivity contribution in [2.24, 2.45) is 13.0 Å². The fraction of sp³-hybridized carbons (Fsp3) is 0.556. The summed E-state index contributed by atoms with van der Waals surface area (Å²) in [4.78, 5) is 19.4. The Morgan fingerprint density at radius 3 is 2.91 bits per heavy atom. The first kappa shape index (κ1) is 13.8. The van der Waals surface area contributed by atoms with Gasteiger partial charge in [0.2, 0.25) is 5.91 Å². The molecule has 4 nitrogen and oxygen atoms in total. The van der Waals surface area contributed by atoms with Gasteiger partial charge in [0, 0.05) is 55.3 Å². The summed E-state index contributed by atoms with van der Waals surface area (Å²) < 4.78 is 2.20. The molecule has 0 aromatic carbocycles. The highest BCUT2D eigenvalue weighted by atomic mass is 16.2. The van der Waals surface area contributed by atoms with Gasteiger partial charge in [-0.1, -0.05) is 19.3 Å². The van der Waals surface area contributed by atoms with Crippen LogP contribution in [-0.2, 0) is 24.8 Å². The summed E-state index contributed by atoms with van der Waals surface area (Å²) in [5.41, 5.74) is 3.70. The SMILES string of the molecule is Cn1c2c(c3cccnc31)CN(C(=O)C1CCCCC1)CC2. The van der Waals surface area contributed by atoms with Gasteiger partial charge in [-0.25, -0.2) is 4.98 Å². The summed E-state index contributed by atoms with van der Waals surface area (Å²) >= 11 is 0. The van der Waals surface area contributed by atoms with E-state index in [4.69, 9.17) is 0 Å². The summed E-state index contributed by atoms with van der Waals surface area (Å²) in [6.45, 7) is 1.61. The second-order valence-electron chi connectivity index (χ2n) is 6.70. The number of hydrogen-bond acceptors (Lipinski definition) is 2. The Hall–Kier alpha value is -1.84. The number of aryl methyl sites for hydroxylation is 1. The first-order chi connectivity index (χ1) is 10.8. The van der Waals surface area contributed by atoms with Crippen molar-refractivity contribution in [1.82, 2.24) is 14.5 Å². The number of nitrogens with zero attached hydrogens (tertiary/aromatic N) is 3. The molecular formula is C18H23N3O. The number of carbonyl (C=O) groups is 1. The molecule has 2 aromatic heterocycles. The van der Waals surface area contributed by atoms with Crippen LogP contribution < -0.4 is 0 Å². The lowest BCUT2D eigenvalue weighted by molar-refractivity contribution is -0.137. The lowest BCUT2D eigenvalue weighted by atomic mass is 9.87. The average Bonchev–Trinajstić information content (AvgIpc) is 2.88. The zero-order valence-corrected chi connectivity index (χ0v) is 13.2. The quantitative estimate of drug-likeness (QED) is 0.811. The first-order valence-electron chi connectivity index (χ1n) is 8.45. The molecule has 1 aliphatic heterocycles. The van der Waals surface area contributed by atoms with Gasteiger partial charge in [0.05, 0.1) is 0 Å². The fourth-order valence-electron chi connectivity index (χ4n) is 4.19. The van der Waals surface area contributed by atoms with E-state index >= 15 is 0 Å². The van der Waals surface area contributed by atoms with Crippen LogP contribution in [0.15, 0.2) is 18.3 Å². The zero-order valence-electron chi connectivity index (χ0n) is 13.2. The van der Waals surface area contributed by atoms with E-state index in [1.165, 1.54) is 35.9 Å². The maximum Gasteiger partial charge on any atom is 0.225 e. The molecule has 2 aliphatic rings. The molecule has 4 heteroatoms. The number of aromatic nitrogens is 2. The first-order valence-corrected chi connectivity index (χ1v) is 8.45. The summed E-state index contributed by atoms with van der Waals surface area (Å²) in [5, 5.41) is 1.21. The molecule has 22 heavy (non-hydrogen) atoms. The van der Waals surface area contributed by atoms with Gasteiger partial charge >= 0.3 is 0 Å². The monoisotopic (exact) mass is 297 g/mol. The van der Waals surface area contributed by atoms with Crippen LogP contribution in [0.25, 0.3) is 11.0 Å². The number of carbonyl (C=O) groups excluding carboxylic acids is 1. The van der Waals surface area contributed by atoms with E-state index in [9.17, 15) is 4.79 Å². The van der Waals surface area contributed by atoms with Crippen molar-refractivity contribution in [3.63, 3.8) is 0 Å². The van der Waals surface area contributed by atoms with E-state index in [1.807, 2.05) is 12.3 Å². The van der Waals surface area contributed by atoms with Crippen LogP contribution in [-0.4, -0.2) is 26.9 Å². The van der Waals surface area contributed by atoms with Gasteiger partial charge in [-0.2, -0.15) is 0 Å². The van der Waals surface area contributed by atoms with Crippen LogP contribution in [0, 0.1) is 5.92 Å². The molecule has 1 amide bonds. The van der Waals surface area contributed by atoms with Crippen molar-refractivity contribution in [2.45, 2.75) is 45.1 Å². The molecule has 0 bridgehead atoms. The van der Waals surface area contributed by atoms with E-state index in [2.05, 4.69) is 27.6 Å². The highest BCUT2D eigenvalue weighted by molar-refractivity contribution is 5.84. The van der Waals surface area contributed by atoms with Gasteiger partial charge in [-0.15, -0.1) is 0 Å². The topological polar surface area (TPSA) is 38.1 Å². The smallest absolute Gasteiger partial charge is 0.225 e. The molecular weight excluding hydrogens is 274 g/mol. The molecule has 1 aliphatic carbocycles. The summed E-state index contributed by atoms with van der Waals surface area (Å²) in [6.07, 6.45) is 8.68. The predicted octanol–water partition coefficient (Wildman–Crippen LogP) is 3.04. The fourth-order valence-corrected chi connectivity index (χ4v) is 4.19. The highest BCUT2D eigenvalue weighted by Crippen LogP contribution is 2.31. The van der Waals surface area contributed by atoms with E-state index in [0.717, 1.165) is 38.0 Å². The van der Waals surface area contributed by atoms with E-state index in [0.29, 0.717) is 5.91 Å². The molecule has 4 rings (SSSR count). The second kappa shape index (κ2) is 5.41. The predicted molar refractivity (Wildman–Crippen MR) is 86.4 cm³/mol. The third-order valence-electron chi connectivity index (χ3n) is 5.42. The Morgan fingerprint density at radius 1 is 1.27 bits per heavy atom. The van der Waals surface area contributed by atoms with E-state index in [-0.39, 0.29) is 5.92 Å². The van der Waals surface area contributed by atoms with Crippen LogP contribution in [0.5, 0.6) is 0 Å². The third-order valence-corrected chi connectivity index (χ3v) is 5.42. The summed E-state index contributed by atoms with van der Waals surface area (Å²) in [5.74, 6) is 0.648. The molecule has 1 fully saturated rings. The average molecular weight is 297 g/mol. The molecule has 0 saturated heterocycles. The largest absolute Gasteiger partial charge is 0.338 e. The maximum atomic E-state index is 12.8. The van der Waals surface area contributed by atoms with Crippen LogP contribution in [0.4, 0.5) is 0 Å². The molecule has 0 N–H and O–H groups in total. The maximum absolute atomic E-state index is 12.8. The van der Waals surface area contributed by atoms with Gasteiger partial charge in [0.1, 0.15) is 5.65 Å². The number of rotatable bonds is 1. The minimum Gasteiger partial charge on any atom is -0.338 e. The van der Waals surface area contributed by atoms with Gasteiger partial charge in [-0.3, -0.25) is 4.79 Å². The van der Waals surface area contributed by atoms with Crippen LogP contribution >= 0.6 is 0 Å². The molecule has 0 unspecified atom stereocenters. The summed E-state index contributed by atoms with van der Waals surface area (Å²) in [6, 6.07) is 4.13. The molecule has 116 valence electrons. The van der Waals surface area contributed by atoms with Crippen molar-refractivity contribution in [3.05, 3.63) is 29.6 Å². The van der Waals surface area contributed by atoms with Crippen molar-refractivity contribution >= 4 is 16.9 Å². The standard InChI is InChI=1S/C18H23N3O/c1-20-16-9-11-21(18(22)13-6-3-2-4-7-13)12-15(16)14-8-5-10-19-17(14)20/h5,8,10,13H,2-4,6-7,9,11-12H2,1H3. The van der Waals surface area contributed by atoms with Crippen LogP contribution in [0.2, 0.25) is 0 Å². The van der Waals surface area contributed by atoms with Crippen molar-refractivity contribution < 1.29 is 4.79 Å². The lowest BCUT2D eigenvalue weighted by Crippen LogP contribution is -2.40. The Bertz CT molecular complexity index is 712. The van der Waals surface area contributed by atoms with Gasteiger partial charge in [-0.05, 0) is 25.0 Å². The number of fused-ring (bicyclic) bond motifs is 3. The molecule has 3 heterocycles. The van der Waals surface area contributed by atoms with E-state index < -0.39 is 0 Å². The van der Waals surface area contributed by atoms with Crippen molar-refractivity contribution in [2.75, 3.05) is 6.54 Å². The van der Waals surface area contributed by atoms with Crippen LogP contribution in [0.1, 0.15) is 43.4 Å². The molecule has 0 atom stereocenters. The second-order valence-corrected chi connectivity index (χ2v) is 6.70. The highest BCUT2D eigenvalue weighted by Gasteiger charge is 2.30. The van der Waals surface area contributed by atoms with Crippen LogP contribution in [0.3, 0.4) is 0 Å². The Kier molecular flexibility index (Phi) is 3.40. The van der Waals surface area contributed by atoms with Crippen molar-refractivity contribution in [1.29, 1.82) is 0 Å². The minimum absolute atomic E-state index is 0.267. The van der Waals surface area contributed by atoms with E-state index in [1.54, 1.807) is 0 Å². The molecule has 1 saturated carbocycles. The minimum atomic E-state index is 0.267. The normalized spacial score (nSPS) is 19.4. The zero-order chi connectivity index (χ0) is 15.1. The Balaban J connectivity index is 1.63. The Labute approximate surface area is 131 Å². The van der Waals surface area contributed by atoms with Gasteiger partial charge < -0.3 is 9.47 Å². The molecule has 0 radical (unpaired) electrons. The third kappa shape index (κ3) is 2.13. The van der Waals surface area contributed by atoms with Gasteiger partial charge in [0.25, 0.3) is 0 Å². The molecule has 0 spiro atoms. The molecule has 2 aromatic rings. The van der Waals surface area contributed by atoms with Crippen molar-refractivity contribution in [3.8, 4) is 0 Å². The Morgan fingerprint density at radius 2 is 2.09 bits per heavy atom.